The summed E-state index contributed by atoms with van der Waals surface area (Å²) in [6.07, 6.45) is 0. The molecule has 0 saturated heterocycles. The van der Waals surface area contributed by atoms with Crippen LogP contribution in [-0.2, 0) is 0 Å². The maximum absolute atomic E-state index is 9.22. The van der Waals surface area contributed by atoms with Gasteiger partial charge in [0.15, 0.2) is 0 Å². The van der Waals surface area contributed by atoms with E-state index in [0.717, 1.165) is 6.54 Å². The van der Waals surface area contributed by atoms with Crippen LogP contribution in [0.15, 0.2) is 24.3 Å². The monoisotopic (exact) mass is 207 g/mol. The number of aryl methyl sites for hydroxylation is 1. The van der Waals surface area contributed by atoms with Crippen LogP contribution in [0, 0.1) is 12.3 Å². The molecule has 0 heterocycles. The van der Waals surface area contributed by atoms with Crippen LogP contribution >= 0.6 is 0 Å². The second-order valence-electron chi connectivity index (χ2n) is 5.02. The van der Waals surface area contributed by atoms with Gasteiger partial charge < -0.3 is 10.0 Å². The smallest absolute Gasteiger partial charge is 0.0499 e. The first-order chi connectivity index (χ1) is 6.94. The van der Waals surface area contributed by atoms with Crippen molar-refractivity contribution in [2.45, 2.75) is 20.8 Å². The molecule has 0 saturated carbocycles. The zero-order valence-electron chi connectivity index (χ0n) is 10.1. The molecule has 0 atom stereocenters. The van der Waals surface area contributed by atoms with E-state index in [-0.39, 0.29) is 12.0 Å². The fourth-order valence-electron chi connectivity index (χ4n) is 1.65. The van der Waals surface area contributed by atoms with Crippen molar-refractivity contribution in [1.82, 2.24) is 0 Å². The van der Waals surface area contributed by atoms with Crippen molar-refractivity contribution in [3.63, 3.8) is 0 Å². The van der Waals surface area contributed by atoms with Crippen LogP contribution < -0.4 is 4.90 Å². The second kappa shape index (κ2) is 4.67. The zero-order chi connectivity index (χ0) is 11.5. The summed E-state index contributed by atoms with van der Waals surface area (Å²) in [5, 5.41) is 9.22. The van der Waals surface area contributed by atoms with Gasteiger partial charge in [0.2, 0.25) is 0 Å². The van der Waals surface area contributed by atoms with Crippen molar-refractivity contribution in [2.75, 3.05) is 25.1 Å². The van der Waals surface area contributed by atoms with Crippen molar-refractivity contribution >= 4 is 5.69 Å². The summed E-state index contributed by atoms with van der Waals surface area (Å²) < 4.78 is 0. The highest BCUT2D eigenvalue weighted by molar-refractivity contribution is 5.47. The number of aliphatic hydroxyl groups excluding tert-OH is 1. The summed E-state index contributed by atoms with van der Waals surface area (Å²) >= 11 is 0. The predicted octanol–water partition coefficient (Wildman–Crippen LogP) is 2.45. The SMILES string of the molecule is Cc1cccc(N(C)CC(C)(C)CO)c1. The standard InChI is InChI=1S/C13H21NO/c1-11-6-5-7-12(8-11)14(4)9-13(2,3)10-15/h5-8,15H,9-10H2,1-4H3. The van der Waals surface area contributed by atoms with Gasteiger partial charge in [0.05, 0.1) is 0 Å². The van der Waals surface area contributed by atoms with E-state index in [0.29, 0.717) is 0 Å². The molecule has 0 bridgehead atoms. The molecule has 1 rings (SSSR count). The Hall–Kier alpha value is -1.02. The van der Waals surface area contributed by atoms with E-state index in [1.165, 1.54) is 11.3 Å². The van der Waals surface area contributed by atoms with E-state index in [2.05, 4.69) is 57.0 Å². The van der Waals surface area contributed by atoms with Gasteiger partial charge in [0, 0.05) is 31.3 Å². The van der Waals surface area contributed by atoms with Crippen LogP contribution in [0.3, 0.4) is 0 Å². The predicted molar refractivity (Wildman–Crippen MR) is 65.3 cm³/mol. The fraction of sp³-hybridized carbons (Fsp3) is 0.538. The lowest BCUT2D eigenvalue weighted by Gasteiger charge is -2.30. The van der Waals surface area contributed by atoms with Crippen molar-refractivity contribution in [3.05, 3.63) is 29.8 Å². The second-order valence-corrected chi connectivity index (χ2v) is 5.02. The highest BCUT2D eigenvalue weighted by atomic mass is 16.3. The molecule has 0 spiro atoms. The van der Waals surface area contributed by atoms with E-state index < -0.39 is 0 Å². The van der Waals surface area contributed by atoms with Crippen molar-refractivity contribution in [1.29, 1.82) is 0 Å². The minimum Gasteiger partial charge on any atom is -0.396 e. The molecule has 84 valence electrons. The molecule has 0 radical (unpaired) electrons. The lowest BCUT2D eigenvalue weighted by Crippen LogP contribution is -2.33. The minimum absolute atomic E-state index is 0.0570. The number of aliphatic hydroxyl groups is 1. The average Bonchev–Trinajstić information content (AvgIpc) is 2.17. The zero-order valence-corrected chi connectivity index (χ0v) is 10.1. The maximum atomic E-state index is 9.22. The largest absolute Gasteiger partial charge is 0.396 e. The molecule has 0 aliphatic heterocycles. The molecule has 1 aromatic carbocycles. The number of rotatable bonds is 4. The summed E-state index contributed by atoms with van der Waals surface area (Å²) in [7, 11) is 2.06. The maximum Gasteiger partial charge on any atom is 0.0499 e. The van der Waals surface area contributed by atoms with Crippen LogP contribution in [0.2, 0.25) is 0 Å². The number of benzene rings is 1. The first-order valence-corrected chi connectivity index (χ1v) is 5.33. The van der Waals surface area contributed by atoms with Gasteiger partial charge in [-0.2, -0.15) is 0 Å². The van der Waals surface area contributed by atoms with Crippen molar-refractivity contribution in [3.8, 4) is 0 Å². The van der Waals surface area contributed by atoms with Gasteiger partial charge in [-0.3, -0.25) is 0 Å². The molecule has 0 amide bonds. The quantitative estimate of drug-likeness (QED) is 0.819. The topological polar surface area (TPSA) is 23.5 Å². The molecule has 0 aliphatic carbocycles. The molecule has 2 nitrogen and oxygen atoms in total. The Morgan fingerprint density at radius 3 is 2.53 bits per heavy atom. The molecule has 0 aliphatic rings. The first-order valence-electron chi connectivity index (χ1n) is 5.33. The van der Waals surface area contributed by atoms with Gasteiger partial charge in [-0.05, 0) is 24.6 Å². The molecule has 1 N–H and O–H groups in total. The highest BCUT2D eigenvalue weighted by Crippen LogP contribution is 2.20. The number of anilines is 1. The normalized spacial score (nSPS) is 11.5. The first kappa shape index (κ1) is 12.1. The third-order valence-corrected chi connectivity index (χ3v) is 2.54. The molecule has 1 aromatic rings. The summed E-state index contributed by atoms with van der Waals surface area (Å²) in [6, 6.07) is 8.41. The molecule has 0 aromatic heterocycles. The molecule has 15 heavy (non-hydrogen) atoms. The molecule has 0 unspecified atom stereocenters. The van der Waals surface area contributed by atoms with Gasteiger partial charge in [0.25, 0.3) is 0 Å². The van der Waals surface area contributed by atoms with E-state index in [9.17, 15) is 5.11 Å². The van der Waals surface area contributed by atoms with Crippen LogP contribution in [-0.4, -0.2) is 25.3 Å². The molecular formula is C13H21NO. The Balaban J connectivity index is 2.73. The van der Waals surface area contributed by atoms with Gasteiger partial charge in [0.1, 0.15) is 0 Å². The van der Waals surface area contributed by atoms with Crippen molar-refractivity contribution < 1.29 is 5.11 Å². The summed E-state index contributed by atoms with van der Waals surface area (Å²) in [4.78, 5) is 2.18. The van der Waals surface area contributed by atoms with Gasteiger partial charge >= 0.3 is 0 Å². The molecule has 2 heteroatoms. The van der Waals surface area contributed by atoms with Crippen molar-refractivity contribution in [2.24, 2.45) is 5.41 Å². The van der Waals surface area contributed by atoms with Crippen LogP contribution in [0.1, 0.15) is 19.4 Å². The minimum atomic E-state index is -0.0570. The highest BCUT2D eigenvalue weighted by Gasteiger charge is 2.19. The van der Waals surface area contributed by atoms with Gasteiger partial charge in [-0.1, -0.05) is 26.0 Å². The lowest BCUT2D eigenvalue weighted by atomic mass is 9.94. The molecule has 0 fully saturated rings. The van der Waals surface area contributed by atoms with Crippen LogP contribution in [0.25, 0.3) is 0 Å². The average molecular weight is 207 g/mol. The van der Waals surface area contributed by atoms with Crippen LogP contribution in [0.4, 0.5) is 5.69 Å². The van der Waals surface area contributed by atoms with E-state index in [1.807, 2.05) is 0 Å². The Labute approximate surface area is 92.5 Å². The Bertz CT molecular complexity index is 320. The Kier molecular flexibility index (Phi) is 3.75. The molecular weight excluding hydrogens is 186 g/mol. The number of nitrogens with zero attached hydrogens (tertiary/aromatic N) is 1. The van der Waals surface area contributed by atoms with Crippen LogP contribution in [0.5, 0.6) is 0 Å². The summed E-state index contributed by atoms with van der Waals surface area (Å²) in [5.74, 6) is 0. The lowest BCUT2D eigenvalue weighted by molar-refractivity contribution is 0.165. The van der Waals surface area contributed by atoms with E-state index >= 15 is 0 Å². The van der Waals surface area contributed by atoms with Gasteiger partial charge in [-0.25, -0.2) is 0 Å². The Morgan fingerprint density at radius 1 is 1.33 bits per heavy atom. The van der Waals surface area contributed by atoms with E-state index in [1.54, 1.807) is 0 Å². The summed E-state index contributed by atoms with van der Waals surface area (Å²) in [5.41, 5.74) is 2.41. The third kappa shape index (κ3) is 3.56. The number of hydrogen-bond acceptors (Lipinski definition) is 2. The van der Waals surface area contributed by atoms with E-state index in [4.69, 9.17) is 0 Å². The third-order valence-electron chi connectivity index (χ3n) is 2.54. The van der Waals surface area contributed by atoms with Gasteiger partial charge in [-0.15, -0.1) is 0 Å². The Morgan fingerprint density at radius 2 is 2.00 bits per heavy atom. The number of hydrogen-bond donors (Lipinski definition) is 1. The summed E-state index contributed by atoms with van der Waals surface area (Å²) in [6.45, 7) is 7.29. The fourth-order valence-corrected chi connectivity index (χ4v) is 1.65.